The minimum atomic E-state index is -4.18. The quantitative estimate of drug-likeness (QED) is 0.163. The van der Waals surface area contributed by atoms with Crippen molar-refractivity contribution >= 4 is 43.5 Å². The zero-order valence-corrected chi connectivity index (χ0v) is 29.0. The molecule has 1 N–H and O–H groups in total. The van der Waals surface area contributed by atoms with E-state index >= 15 is 0 Å². The van der Waals surface area contributed by atoms with Crippen molar-refractivity contribution in [3.63, 3.8) is 0 Å². The summed E-state index contributed by atoms with van der Waals surface area (Å²) in [5.74, 6) is 0.407. The van der Waals surface area contributed by atoms with Crippen LogP contribution in [-0.2, 0) is 26.2 Å². The highest BCUT2D eigenvalue weighted by atomic mass is 79.9. The number of hydrogen-bond donors (Lipinski definition) is 1. The molecular formula is C37H40BrN3O5S. The Bertz CT molecular complexity index is 1740. The molecule has 0 unspecified atom stereocenters. The van der Waals surface area contributed by atoms with Gasteiger partial charge in [-0.2, -0.15) is 0 Å². The predicted molar refractivity (Wildman–Crippen MR) is 188 cm³/mol. The molecule has 1 atom stereocenters. The number of halogens is 1. The highest BCUT2D eigenvalue weighted by Crippen LogP contribution is 2.29. The van der Waals surface area contributed by atoms with E-state index in [4.69, 9.17) is 4.74 Å². The van der Waals surface area contributed by atoms with E-state index in [1.54, 1.807) is 43.3 Å². The summed E-state index contributed by atoms with van der Waals surface area (Å²) in [5.41, 5.74) is 2.02. The summed E-state index contributed by atoms with van der Waals surface area (Å²) in [7, 11) is -4.18. The van der Waals surface area contributed by atoms with Gasteiger partial charge in [0.1, 0.15) is 24.1 Å². The molecule has 0 saturated heterocycles. The van der Waals surface area contributed by atoms with Gasteiger partial charge in [-0.05, 0) is 92.9 Å². The van der Waals surface area contributed by atoms with Crippen LogP contribution < -0.4 is 14.4 Å². The van der Waals surface area contributed by atoms with E-state index in [1.165, 1.54) is 17.0 Å². The molecule has 246 valence electrons. The van der Waals surface area contributed by atoms with Crippen molar-refractivity contribution in [2.75, 3.05) is 10.8 Å². The van der Waals surface area contributed by atoms with E-state index in [1.807, 2.05) is 61.5 Å². The van der Waals surface area contributed by atoms with Crippen LogP contribution in [0.25, 0.3) is 0 Å². The number of aryl methyl sites for hydroxylation is 1. The Kier molecular flexibility index (Phi) is 11.4. The predicted octanol–water partition coefficient (Wildman–Crippen LogP) is 7.61. The molecule has 5 rings (SSSR count). The van der Waals surface area contributed by atoms with Crippen molar-refractivity contribution in [2.24, 2.45) is 0 Å². The van der Waals surface area contributed by atoms with E-state index in [9.17, 15) is 18.0 Å². The van der Waals surface area contributed by atoms with E-state index in [0.29, 0.717) is 17.2 Å². The molecule has 47 heavy (non-hydrogen) atoms. The number of anilines is 1. The highest BCUT2D eigenvalue weighted by molar-refractivity contribution is 9.10. The Morgan fingerprint density at radius 2 is 1.47 bits per heavy atom. The van der Waals surface area contributed by atoms with Crippen molar-refractivity contribution in [1.29, 1.82) is 0 Å². The Morgan fingerprint density at radius 1 is 0.851 bits per heavy atom. The fourth-order valence-electron chi connectivity index (χ4n) is 5.61. The summed E-state index contributed by atoms with van der Waals surface area (Å²) in [6.45, 7) is 3.20. The SMILES string of the molecule is Cc1ccc(S(=O)(=O)N(CC(=O)N(Cc2ccc(Br)cc2)[C@@H](C)C(=O)NC2CCCCC2)c2ccc(Oc3ccccc3)cc2)cc1. The van der Waals surface area contributed by atoms with Gasteiger partial charge in [0.15, 0.2) is 0 Å². The zero-order valence-electron chi connectivity index (χ0n) is 26.6. The maximum Gasteiger partial charge on any atom is 0.264 e. The van der Waals surface area contributed by atoms with Gasteiger partial charge in [-0.15, -0.1) is 0 Å². The first kappa shape index (κ1) is 34.2. The van der Waals surface area contributed by atoms with Crippen molar-refractivity contribution < 1.29 is 22.7 Å². The molecule has 0 bridgehead atoms. The molecule has 1 aliphatic carbocycles. The average molecular weight is 719 g/mol. The Balaban J connectivity index is 1.46. The van der Waals surface area contributed by atoms with Gasteiger partial charge in [0.2, 0.25) is 11.8 Å². The first-order valence-electron chi connectivity index (χ1n) is 15.9. The summed E-state index contributed by atoms with van der Waals surface area (Å²) in [5, 5.41) is 3.14. The molecule has 1 aliphatic rings. The Morgan fingerprint density at radius 3 is 2.11 bits per heavy atom. The number of rotatable bonds is 12. The Hall–Kier alpha value is -4.15. The van der Waals surface area contributed by atoms with Crippen LogP contribution in [0.2, 0.25) is 0 Å². The van der Waals surface area contributed by atoms with Crippen LogP contribution in [-0.4, -0.2) is 43.8 Å². The van der Waals surface area contributed by atoms with Crippen molar-refractivity contribution in [2.45, 2.75) is 69.5 Å². The summed E-state index contributed by atoms with van der Waals surface area (Å²) in [6, 6.07) is 29.1. The number of sulfonamides is 1. The second-order valence-electron chi connectivity index (χ2n) is 11.9. The molecule has 8 nitrogen and oxygen atoms in total. The molecular weight excluding hydrogens is 678 g/mol. The van der Waals surface area contributed by atoms with Crippen LogP contribution in [0.1, 0.15) is 50.2 Å². The first-order chi connectivity index (χ1) is 22.6. The largest absolute Gasteiger partial charge is 0.457 e. The van der Waals surface area contributed by atoms with Crippen LogP contribution in [0.5, 0.6) is 11.5 Å². The van der Waals surface area contributed by atoms with E-state index in [0.717, 1.165) is 52.0 Å². The van der Waals surface area contributed by atoms with Gasteiger partial charge in [-0.25, -0.2) is 8.42 Å². The maximum absolute atomic E-state index is 14.3. The van der Waals surface area contributed by atoms with Crippen LogP contribution >= 0.6 is 15.9 Å². The van der Waals surface area contributed by atoms with Gasteiger partial charge in [0, 0.05) is 17.1 Å². The second-order valence-corrected chi connectivity index (χ2v) is 14.7. The molecule has 4 aromatic rings. The summed E-state index contributed by atoms with van der Waals surface area (Å²) in [4.78, 5) is 29.3. The molecule has 0 heterocycles. The Labute approximate surface area is 285 Å². The number of benzene rings is 4. The third-order valence-corrected chi connectivity index (χ3v) is 10.7. The van der Waals surface area contributed by atoms with Crippen LogP contribution in [0.4, 0.5) is 5.69 Å². The van der Waals surface area contributed by atoms with Crippen LogP contribution in [0.3, 0.4) is 0 Å². The lowest BCUT2D eigenvalue weighted by atomic mass is 9.95. The third-order valence-electron chi connectivity index (χ3n) is 8.38. The summed E-state index contributed by atoms with van der Waals surface area (Å²) < 4.78 is 36.3. The topological polar surface area (TPSA) is 96.0 Å². The summed E-state index contributed by atoms with van der Waals surface area (Å²) >= 11 is 3.45. The molecule has 0 aromatic heterocycles. The maximum atomic E-state index is 14.3. The lowest BCUT2D eigenvalue weighted by molar-refractivity contribution is -0.139. The number of para-hydroxylation sites is 1. The second kappa shape index (κ2) is 15.6. The standard InChI is InChI=1S/C37H40BrN3O5S/c1-27-13-23-35(24-14-27)47(44,45)41(32-19-21-34(22-20-32)46-33-11-7-4-8-12-33)26-36(42)40(25-29-15-17-30(38)18-16-29)28(2)37(43)39-31-9-5-3-6-10-31/h4,7-8,11-24,28,31H,3,5-6,9-10,25-26H2,1-2H3,(H,39,43)/t28-/m0/s1. The minimum Gasteiger partial charge on any atom is -0.457 e. The molecule has 1 saturated carbocycles. The van der Waals surface area contributed by atoms with Crippen LogP contribution in [0.15, 0.2) is 112 Å². The number of nitrogens with one attached hydrogen (secondary N) is 1. The third kappa shape index (κ3) is 9.02. The van der Waals surface area contributed by atoms with E-state index in [2.05, 4.69) is 21.2 Å². The highest BCUT2D eigenvalue weighted by Gasteiger charge is 2.33. The molecule has 2 amide bonds. The molecule has 4 aromatic carbocycles. The fraction of sp³-hybridized carbons (Fsp3) is 0.297. The molecule has 0 radical (unpaired) electrons. The smallest absolute Gasteiger partial charge is 0.264 e. The van der Waals surface area contributed by atoms with Gasteiger partial charge >= 0.3 is 0 Å². The number of carbonyl (C=O) groups is 2. The normalized spacial score (nSPS) is 14.2. The fourth-order valence-corrected chi connectivity index (χ4v) is 7.29. The lowest BCUT2D eigenvalue weighted by Crippen LogP contribution is -2.53. The summed E-state index contributed by atoms with van der Waals surface area (Å²) in [6.07, 6.45) is 5.09. The van der Waals surface area contributed by atoms with E-state index in [-0.39, 0.29) is 23.4 Å². The molecule has 0 aliphatic heterocycles. The zero-order chi connectivity index (χ0) is 33.4. The lowest BCUT2D eigenvalue weighted by Gasteiger charge is -2.33. The molecule has 0 spiro atoms. The van der Waals surface area contributed by atoms with Gasteiger partial charge < -0.3 is 15.0 Å². The first-order valence-corrected chi connectivity index (χ1v) is 18.1. The van der Waals surface area contributed by atoms with Gasteiger partial charge in [-0.3, -0.25) is 13.9 Å². The van der Waals surface area contributed by atoms with Crippen molar-refractivity contribution in [3.05, 3.63) is 119 Å². The van der Waals surface area contributed by atoms with Crippen molar-refractivity contribution in [3.8, 4) is 11.5 Å². The van der Waals surface area contributed by atoms with Crippen LogP contribution in [0, 0.1) is 6.92 Å². The number of nitrogens with zero attached hydrogens (tertiary/aromatic N) is 2. The average Bonchev–Trinajstić information content (AvgIpc) is 3.08. The van der Waals surface area contributed by atoms with Gasteiger partial charge in [0.05, 0.1) is 10.6 Å². The van der Waals surface area contributed by atoms with Gasteiger partial charge in [-0.1, -0.05) is 83.2 Å². The number of ether oxygens (including phenoxy) is 1. The number of carbonyl (C=O) groups excluding carboxylic acids is 2. The number of hydrogen-bond acceptors (Lipinski definition) is 5. The molecule has 10 heteroatoms. The monoisotopic (exact) mass is 717 g/mol. The van der Waals surface area contributed by atoms with Gasteiger partial charge in [0.25, 0.3) is 10.0 Å². The van der Waals surface area contributed by atoms with Crippen molar-refractivity contribution in [1.82, 2.24) is 10.2 Å². The molecule has 1 fully saturated rings. The number of amides is 2. The van der Waals surface area contributed by atoms with E-state index < -0.39 is 28.5 Å². The minimum absolute atomic E-state index is 0.0584.